The Morgan fingerprint density at radius 3 is 2.07 bits per heavy atom. The van der Waals surface area contributed by atoms with Crippen LogP contribution in [0.3, 0.4) is 0 Å². The Morgan fingerprint density at radius 2 is 1.44 bits per heavy atom. The number of hydrogen-bond donors (Lipinski definition) is 5. The number of allylic oxidation sites excluding steroid dienone is 1. The van der Waals surface area contributed by atoms with Gasteiger partial charge in [0, 0.05) is 78.6 Å². The molecule has 216 valence electrons. The van der Waals surface area contributed by atoms with Gasteiger partial charge < -0.3 is 36.8 Å². The van der Waals surface area contributed by atoms with Gasteiger partial charge in [0.2, 0.25) is 0 Å². The number of nitrogens with zero attached hydrogens (tertiary/aromatic N) is 3. The molecule has 8 heteroatoms. The molecule has 41 heavy (non-hydrogen) atoms. The Bertz CT molecular complexity index is 1260. The predicted molar refractivity (Wildman–Crippen MR) is 174 cm³/mol. The van der Waals surface area contributed by atoms with Gasteiger partial charge in [-0.3, -0.25) is 0 Å². The van der Waals surface area contributed by atoms with E-state index in [9.17, 15) is 0 Å². The van der Waals surface area contributed by atoms with Gasteiger partial charge in [0.05, 0.1) is 0 Å². The SMILES string of the molecule is C=C(/N=C\C=C(/N)c1ccc(NC(=C)[C@H]2CCCN2)cc1)Nc1ccc(N2CCN(C(=C)[C@H]3CCCN3)CC2)cc1. The fourth-order valence-corrected chi connectivity index (χ4v) is 5.70. The first-order valence-electron chi connectivity index (χ1n) is 14.7. The molecule has 0 amide bonds. The number of rotatable bonds is 11. The molecule has 0 aromatic heterocycles. The topological polar surface area (TPSA) is 93.0 Å². The number of aliphatic imine (C=N–C) groups is 1. The molecule has 0 aliphatic carbocycles. The molecular formula is C33H44N8. The second kappa shape index (κ2) is 13.6. The van der Waals surface area contributed by atoms with Gasteiger partial charge in [0.15, 0.2) is 0 Å². The minimum Gasteiger partial charge on any atom is -0.398 e. The molecule has 2 aromatic rings. The van der Waals surface area contributed by atoms with E-state index in [1.165, 1.54) is 30.6 Å². The summed E-state index contributed by atoms with van der Waals surface area (Å²) in [6.45, 7) is 18.7. The predicted octanol–water partition coefficient (Wildman–Crippen LogP) is 4.71. The van der Waals surface area contributed by atoms with Crippen LogP contribution in [0.1, 0.15) is 31.2 Å². The third-order valence-electron chi connectivity index (χ3n) is 8.16. The molecule has 5 rings (SSSR count). The average molecular weight is 553 g/mol. The highest BCUT2D eigenvalue weighted by Crippen LogP contribution is 2.24. The van der Waals surface area contributed by atoms with Crippen LogP contribution in [0.15, 0.2) is 96.6 Å². The third-order valence-corrected chi connectivity index (χ3v) is 8.16. The molecule has 2 aromatic carbocycles. The van der Waals surface area contributed by atoms with Crippen molar-refractivity contribution >= 4 is 29.0 Å². The van der Waals surface area contributed by atoms with E-state index in [1.807, 2.05) is 24.3 Å². The van der Waals surface area contributed by atoms with Crippen molar-refractivity contribution < 1.29 is 0 Å². The van der Waals surface area contributed by atoms with E-state index in [0.29, 0.717) is 23.6 Å². The van der Waals surface area contributed by atoms with Gasteiger partial charge in [-0.1, -0.05) is 31.9 Å². The van der Waals surface area contributed by atoms with Crippen LogP contribution >= 0.6 is 0 Å². The van der Waals surface area contributed by atoms with E-state index in [0.717, 1.165) is 68.3 Å². The molecule has 0 radical (unpaired) electrons. The van der Waals surface area contributed by atoms with Gasteiger partial charge in [0.25, 0.3) is 0 Å². The monoisotopic (exact) mass is 552 g/mol. The Balaban J connectivity index is 1.06. The second-order valence-electron chi connectivity index (χ2n) is 11.0. The lowest BCUT2D eigenvalue weighted by Crippen LogP contribution is -2.48. The van der Waals surface area contributed by atoms with Gasteiger partial charge in [-0.25, -0.2) is 4.99 Å². The normalized spacial score (nSPS) is 21.3. The van der Waals surface area contributed by atoms with Crippen molar-refractivity contribution in [1.29, 1.82) is 0 Å². The van der Waals surface area contributed by atoms with Crippen molar-refractivity contribution in [2.75, 3.05) is 54.8 Å². The minimum atomic E-state index is 0.335. The van der Waals surface area contributed by atoms with Gasteiger partial charge in [0.1, 0.15) is 5.82 Å². The molecular weight excluding hydrogens is 508 g/mol. The highest BCUT2D eigenvalue weighted by atomic mass is 15.3. The number of anilines is 3. The standard InChI is InChI=1S/C33H44N8/c1-24(32-6-4-17-36-32)38-28-10-8-27(9-11-28)31(34)16-19-35-26(3)39-29-12-14-30(15-13-29)41-22-20-40(21-23-41)25(2)33-7-5-18-37-33/h8-16,19,32-33,36-39H,1-7,17-18,20-23,34H2/b31-16-,35-19-/t32-,33-/m1/s1. The quantitative estimate of drug-likeness (QED) is 0.258. The van der Waals surface area contributed by atoms with Gasteiger partial charge in [-0.2, -0.15) is 0 Å². The van der Waals surface area contributed by atoms with Crippen molar-refractivity contribution in [3.05, 3.63) is 97.1 Å². The summed E-state index contributed by atoms with van der Waals surface area (Å²) in [4.78, 5) is 9.28. The second-order valence-corrected chi connectivity index (χ2v) is 11.0. The summed E-state index contributed by atoms with van der Waals surface area (Å²) in [5.41, 5.74) is 13.3. The van der Waals surface area contributed by atoms with E-state index in [2.05, 4.69) is 80.1 Å². The highest BCUT2D eigenvalue weighted by Gasteiger charge is 2.25. The lowest BCUT2D eigenvalue weighted by Gasteiger charge is -2.39. The first-order valence-corrected chi connectivity index (χ1v) is 14.7. The molecule has 3 saturated heterocycles. The van der Waals surface area contributed by atoms with E-state index < -0.39 is 0 Å². The number of benzene rings is 2. The number of hydrogen-bond acceptors (Lipinski definition) is 8. The van der Waals surface area contributed by atoms with Crippen LogP contribution in [0.5, 0.6) is 0 Å². The van der Waals surface area contributed by atoms with Crippen LogP contribution in [0.2, 0.25) is 0 Å². The number of nitrogens with one attached hydrogen (secondary N) is 4. The smallest absolute Gasteiger partial charge is 0.122 e. The molecule has 3 fully saturated rings. The first kappa shape index (κ1) is 28.5. The van der Waals surface area contributed by atoms with Crippen molar-refractivity contribution in [2.24, 2.45) is 10.7 Å². The van der Waals surface area contributed by atoms with E-state index in [-0.39, 0.29) is 0 Å². The van der Waals surface area contributed by atoms with Crippen LogP contribution < -0.4 is 31.9 Å². The summed E-state index contributed by atoms with van der Waals surface area (Å²) in [6, 6.07) is 17.3. The Hall–Kier alpha value is -4.01. The first-order chi connectivity index (χ1) is 20.0. The van der Waals surface area contributed by atoms with Gasteiger partial charge >= 0.3 is 0 Å². The molecule has 2 atom stereocenters. The van der Waals surface area contributed by atoms with Crippen LogP contribution in [0, 0.1) is 0 Å². The summed E-state index contributed by atoms with van der Waals surface area (Å²) in [7, 11) is 0. The van der Waals surface area contributed by atoms with Crippen molar-refractivity contribution in [1.82, 2.24) is 15.5 Å². The molecule has 3 aliphatic heterocycles. The third kappa shape index (κ3) is 7.60. The summed E-state index contributed by atoms with van der Waals surface area (Å²) in [5.74, 6) is 0.549. The maximum absolute atomic E-state index is 6.29. The molecule has 0 unspecified atom stereocenters. The average Bonchev–Trinajstić information content (AvgIpc) is 3.73. The molecule has 0 saturated carbocycles. The molecule has 3 heterocycles. The highest BCUT2D eigenvalue weighted by molar-refractivity contribution is 5.84. The maximum atomic E-state index is 6.29. The number of nitrogens with two attached hydrogens (primary N) is 1. The summed E-state index contributed by atoms with van der Waals surface area (Å²) in [6.07, 6.45) is 8.22. The van der Waals surface area contributed by atoms with Crippen molar-refractivity contribution in [3.63, 3.8) is 0 Å². The Morgan fingerprint density at radius 1 is 0.829 bits per heavy atom. The Labute approximate surface area is 244 Å². The molecule has 6 N–H and O–H groups in total. The van der Waals surface area contributed by atoms with Crippen LogP contribution in [-0.4, -0.2) is 62.5 Å². The zero-order chi connectivity index (χ0) is 28.6. The fourth-order valence-electron chi connectivity index (χ4n) is 5.70. The molecule has 0 spiro atoms. The Kier molecular flexibility index (Phi) is 9.44. The van der Waals surface area contributed by atoms with E-state index in [1.54, 1.807) is 12.3 Å². The van der Waals surface area contributed by atoms with Crippen molar-refractivity contribution in [3.8, 4) is 0 Å². The van der Waals surface area contributed by atoms with Crippen molar-refractivity contribution in [2.45, 2.75) is 37.8 Å². The largest absolute Gasteiger partial charge is 0.398 e. The fraction of sp³-hybridized carbons (Fsp3) is 0.364. The lowest BCUT2D eigenvalue weighted by atomic mass is 10.1. The lowest BCUT2D eigenvalue weighted by molar-refractivity contribution is 0.298. The zero-order valence-corrected chi connectivity index (χ0v) is 24.0. The van der Waals surface area contributed by atoms with E-state index in [4.69, 9.17) is 5.73 Å². The summed E-state index contributed by atoms with van der Waals surface area (Å²) < 4.78 is 0. The van der Waals surface area contributed by atoms with Crippen LogP contribution in [-0.2, 0) is 0 Å². The van der Waals surface area contributed by atoms with Crippen LogP contribution in [0.25, 0.3) is 5.70 Å². The minimum absolute atomic E-state index is 0.335. The van der Waals surface area contributed by atoms with E-state index >= 15 is 0 Å². The number of piperazine rings is 1. The molecule has 8 nitrogen and oxygen atoms in total. The summed E-state index contributed by atoms with van der Waals surface area (Å²) >= 11 is 0. The molecule has 3 aliphatic rings. The van der Waals surface area contributed by atoms with Gasteiger partial charge in [-0.15, -0.1) is 0 Å². The van der Waals surface area contributed by atoms with Gasteiger partial charge in [-0.05, 0) is 86.8 Å². The summed E-state index contributed by atoms with van der Waals surface area (Å²) in [5, 5.41) is 13.7. The zero-order valence-electron chi connectivity index (χ0n) is 24.0. The van der Waals surface area contributed by atoms with Crippen LogP contribution in [0.4, 0.5) is 17.1 Å². The maximum Gasteiger partial charge on any atom is 0.122 e. The molecule has 0 bridgehead atoms.